The molecule has 0 saturated carbocycles. The standard InChI is InChI=1S/C21H34O4SSi/c1-15-13-19(25-27(6,7)21(3,4)5)16(2)18(22)14-20(15)26(23,24)17-11-9-8-10-12-17/h8-12,14-16,18-19,22H,13H2,1-7H3/t15-,16-,18+,19-/m0/s1. The van der Waals surface area contributed by atoms with Gasteiger partial charge >= 0.3 is 0 Å². The van der Waals surface area contributed by atoms with Gasteiger partial charge in [-0.05, 0) is 48.7 Å². The molecule has 0 radical (unpaired) electrons. The molecule has 0 amide bonds. The first-order valence-corrected chi connectivity index (χ1v) is 14.0. The van der Waals surface area contributed by atoms with E-state index in [2.05, 4.69) is 33.9 Å². The average molecular weight is 411 g/mol. The van der Waals surface area contributed by atoms with Crippen LogP contribution in [0.25, 0.3) is 0 Å². The van der Waals surface area contributed by atoms with Crippen LogP contribution in [-0.4, -0.2) is 34.0 Å². The quantitative estimate of drug-likeness (QED) is 0.726. The molecule has 152 valence electrons. The Bertz CT molecular complexity index is 778. The number of aliphatic hydroxyl groups is 1. The summed E-state index contributed by atoms with van der Waals surface area (Å²) in [4.78, 5) is 0.570. The molecule has 1 aromatic rings. The highest BCUT2D eigenvalue weighted by Gasteiger charge is 2.43. The molecule has 27 heavy (non-hydrogen) atoms. The van der Waals surface area contributed by atoms with Crippen LogP contribution in [0.3, 0.4) is 0 Å². The van der Waals surface area contributed by atoms with Gasteiger partial charge in [0.15, 0.2) is 8.32 Å². The zero-order chi connectivity index (χ0) is 20.6. The van der Waals surface area contributed by atoms with Gasteiger partial charge in [0.1, 0.15) is 0 Å². The number of sulfone groups is 1. The Balaban J connectivity index is 2.36. The second kappa shape index (κ2) is 7.82. The van der Waals surface area contributed by atoms with Crippen molar-refractivity contribution in [2.24, 2.45) is 11.8 Å². The van der Waals surface area contributed by atoms with Gasteiger partial charge in [-0.3, -0.25) is 0 Å². The van der Waals surface area contributed by atoms with Crippen molar-refractivity contribution >= 4 is 18.2 Å². The molecule has 0 spiro atoms. The van der Waals surface area contributed by atoms with Gasteiger partial charge in [0.25, 0.3) is 0 Å². The summed E-state index contributed by atoms with van der Waals surface area (Å²) in [5.41, 5.74) is 0. The molecular weight excluding hydrogens is 376 g/mol. The lowest BCUT2D eigenvalue weighted by Gasteiger charge is -2.41. The average Bonchev–Trinajstić information content (AvgIpc) is 2.66. The molecule has 4 nitrogen and oxygen atoms in total. The molecule has 0 saturated heterocycles. The SMILES string of the molecule is C[C@H]1[C@H](O)C=C(S(=O)(=O)c2ccccc2)[C@@H](C)C[C@@H]1O[Si](C)(C)C(C)(C)C. The van der Waals surface area contributed by atoms with Crippen LogP contribution >= 0.6 is 0 Å². The lowest BCUT2D eigenvalue weighted by atomic mass is 9.95. The molecule has 0 fully saturated rings. The van der Waals surface area contributed by atoms with Crippen LogP contribution in [-0.2, 0) is 14.3 Å². The van der Waals surface area contributed by atoms with Crippen molar-refractivity contribution in [3.63, 3.8) is 0 Å². The highest BCUT2D eigenvalue weighted by Crippen LogP contribution is 2.41. The Morgan fingerprint density at radius 3 is 2.19 bits per heavy atom. The van der Waals surface area contributed by atoms with E-state index in [9.17, 15) is 13.5 Å². The molecular formula is C21H34O4SSi. The van der Waals surface area contributed by atoms with E-state index in [-0.39, 0.29) is 27.9 Å². The zero-order valence-corrected chi connectivity index (χ0v) is 19.4. The molecule has 0 unspecified atom stereocenters. The zero-order valence-electron chi connectivity index (χ0n) is 17.6. The maximum atomic E-state index is 13.1. The number of rotatable bonds is 4. The Kier molecular flexibility index (Phi) is 6.47. The second-order valence-corrected chi connectivity index (χ2v) is 16.0. The fraction of sp³-hybridized carbons (Fsp3) is 0.619. The summed E-state index contributed by atoms with van der Waals surface area (Å²) in [6.07, 6.45) is 1.10. The first-order valence-electron chi connectivity index (χ1n) is 9.65. The van der Waals surface area contributed by atoms with Crippen molar-refractivity contribution in [1.82, 2.24) is 0 Å². The number of benzene rings is 1. The van der Waals surface area contributed by atoms with Crippen LogP contribution in [0.5, 0.6) is 0 Å². The van der Waals surface area contributed by atoms with Gasteiger partial charge in [-0.2, -0.15) is 0 Å². The number of hydrogen-bond acceptors (Lipinski definition) is 4. The van der Waals surface area contributed by atoms with Crippen LogP contribution in [0.15, 0.2) is 46.2 Å². The van der Waals surface area contributed by atoms with E-state index in [1.54, 1.807) is 30.3 Å². The molecule has 1 aliphatic rings. The summed E-state index contributed by atoms with van der Waals surface area (Å²) in [7, 11) is -5.66. The maximum absolute atomic E-state index is 13.1. The fourth-order valence-corrected chi connectivity index (χ4v) is 6.34. The third-order valence-corrected chi connectivity index (χ3v) is 12.7. The molecule has 1 aromatic carbocycles. The van der Waals surface area contributed by atoms with Crippen LogP contribution < -0.4 is 0 Å². The van der Waals surface area contributed by atoms with E-state index in [4.69, 9.17) is 4.43 Å². The van der Waals surface area contributed by atoms with Gasteiger partial charge < -0.3 is 9.53 Å². The van der Waals surface area contributed by atoms with E-state index < -0.39 is 24.3 Å². The lowest BCUT2D eigenvalue weighted by molar-refractivity contribution is 0.0471. The van der Waals surface area contributed by atoms with E-state index >= 15 is 0 Å². The third kappa shape index (κ3) is 4.73. The van der Waals surface area contributed by atoms with Crippen molar-refractivity contribution in [3.8, 4) is 0 Å². The molecule has 6 heteroatoms. The maximum Gasteiger partial charge on any atom is 0.202 e. The summed E-state index contributed by atoms with van der Waals surface area (Å²) in [5, 5.41) is 10.8. The van der Waals surface area contributed by atoms with Gasteiger partial charge in [0.2, 0.25) is 9.84 Å². The summed E-state index contributed by atoms with van der Waals surface area (Å²) in [6.45, 7) is 14.8. The number of aliphatic hydroxyl groups excluding tert-OH is 1. The Morgan fingerprint density at radius 2 is 1.67 bits per heavy atom. The first-order chi connectivity index (χ1) is 12.3. The Hall–Kier alpha value is -0.953. The van der Waals surface area contributed by atoms with Crippen molar-refractivity contribution in [2.75, 3.05) is 0 Å². The van der Waals surface area contributed by atoms with E-state index in [0.29, 0.717) is 11.3 Å². The monoisotopic (exact) mass is 410 g/mol. The Morgan fingerprint density at radius 1 is 1.11 bits per heavy atom. The fourth-order valence-electron chi connectivity index (χ4n) is 3.18. The van der Waals surface area contributed by atoms with Gasteiger partial charge in [0, 0.05) is 5.92 Å². The molecule has 1 aliphatic carbocycles. The number of hydrogen-bond donors (Lipinski definition) is 1. The van der Waals surface area contributed by atoms with Crippen LogP contribution in [0.2, 0.25) is 18.1 Å². The second-order valence-electron chi connectivity index (χ2n) is 9.29. The van der Waals surface area contributed by atoms with Gasteiger partial charge in [-0.25, -0.2) is 8.42 Å². The van der Waals surface area contributed by atoms with Crippen molar-refractivity contribution in [2.45, 2.75) is 76.3 Å². The predicted molar refractivity (Wildman–Crippen MR) is 113 cm³/mol. The van der Waals surface area contributed by atoms with Crippen LogP contribution in [0.4, 0.5) is 0 Å². The van der Waals surface area contributed by atoms with Gasteiger partial charge in [0.05, 0.1) is 22.0 Å². The topological polar surface area (TPSA) is 63.6 Å². The van der Waals surface area contributed by atoms with Crippen molar-refractivity contribution in [1.29, 1.82) is 0 Å². The smallest absolute Gasteiger partial charge is 0.202 e. The molecule has 0 aliphatic heterocycles. The molecule has 0 bridgehead atoms. The first kappa shape index (κ1) is 22.3. The number of allylic oxidation sites excluding steroid dienone is 1. The Labute approximate surface area is 165 Å². The summed E-state index contributed by atoms with van der Waals surface area (Å²) < 4.78 is 32.9. The van der Waals surface area contributed by atoms with E-state index in [1.807, 2.05) is 13.8 Å². The molecule has 0 heterocycles. The molecule has 4 atom stereocenters. The minimum atomic E-state index is -3.63. The highest BCUT2D eigenvalue weighted by molar-refractivity contribution is 7.95. The van der Waals surface area contributed by atoms with Gasteiger partial charge in [-0.15, -0.1) is 0 Å². The van der Waals surface area contributed by atoms with Crippen LogP contribution in [0.1, 0.15) is 41.0 Å². The molecule has 1 N–H and O–H groups in total. The predicted octanol–water partition coefficient (Wildman–Crippen LogP) is 4.77. The summed E-state index contributed by atoms with van der Waals surface area (Å²) in [5.74, 6) is -0.380. The van der Waals surface area contributed by atoms with Crippen molar-refractivity contribution in [3.05, 3.63) is 41.3 Å². The largest absolute Gasteiger partial charge is 0.414 e. The van der Waals surface area contributed by atoms with Crippen molar-refractivity contribution < 1.29 is 18.0 Å². The summed E-state index contributed by atoms with van der Waals surface area (Å²) >= 11 is 0. The van der Waals surface area contributed by atoms with E-state index in [1.165, 1.54) is 6.08 Å². The van der Waals surface area contributed by atoms with E-state index in [0.717, 1.165) is 0 Å². The third-order valence-electron chi connectivity index (χ3n) is 6.15. The minimum absolute atomic E-state index is 0.0551. The normalized spacial score (nSPS) is 27.8. The molecule has 2 rings (SSSR count). The van der Waals surface area contributed by atoms with Crippen LogP contribution in [0, 0.1) is 11.8 Å². The molecule has 0 aromatic heterocycles. The summed E-state index contributed by atoms with van der Waals surface area (Å²) in [6, 6.07) is 8.44. The van der Waals surface area contributed by atoms with Gasteiger partial charge in [-0.1, -0.05) is 52.8 Å². The minimum Gasteiger partial charge on any atom is -0.414 e. The highest BCUT2D eigenvalue weighted by atomic mass is 32.2. The lowest BCUT2D eigenvalue weighted by Crippen LogP contribution is -2.47.